The van der Waals surface area contributed by atoms with Gasteiger partial charge in [0.1, 0.15) is 12.3 Å². The first-order chi connectivity index (χ1) is 14.7. The lowest BCUT2D eigenvalue weighted by atomic mass is 10.1. The zero-order valence-electron chi connectivity index (χ0n) is 17.5. The number of aromatic nitrogens is 1. The number of likely N-dealkylation sites (tertiary alicyclic amines) is 1. The molecule has 1 saturated heterocycles. The van der Waals surface area contributed by atoms with Gasteiger partial charge in [0.2, 0.25) is 5.89 Å². The van der Waals surface area contributed by atoms with E-state index in [1.54, 1.807) is 6.20 Å². The van der Waals surface area contributed by atoms with Gasteiger partial charge in [0.15, 0.2) is 11.9 Å². The van der Waals surface area contributed by atoms with Crippen molar-refractivity contribution in [2.24, 2.45) is 0 Å². The molecule has 0 aliphatic carbocycles. The summed E-state index contributed by atoms with van der Waals surface area (Å²) in [5.74, 6) is 2.15. The van der Waals surface area contributed by atoms with Crippen molar-refractivity contribution in [1.29, 1.82) is 0 Å². The minimum absolute atomic E-state index is 0.374. The van der Waals surface area contributed by atoms with Gasteiger partial charge in [-0.2, -0.15) is 0 Å². The van der Waals surface area contributed by atoms with Crippen LogP contribution in [-0.4, -0.2) is 40.8 Å². The molecule has 1 fully saturated rings. The van der Waals surface area contributed by atoms with Crippen molar-refractivity contribution in [3.63, 3.8) is 0 Å². The van der Waals surface area contributed by atoms with Crippen molar-refractivity contribution in [2.45, 2.75) is 38.3 Å². The lowest BCUT2D eigenvalue weighted by molar-refractivity contribution is -0.946. The van der Waals surface area contributed by atoms with Crippen LogP contribution in [0.3, 0.4) is 0 Å². The van der Waals surface area contributed by atoms with Gasteiger partial charge in [-0.05, 0) is 37.0 Å². The number of hydrogen-bond acceptors (Lipinski definition) is 4. The molecule has 0 radical (unpaired) electrons. The van der Waals surface area contributed by atoms with Crippen molar-refractivity contribution in [3.8, 4) is 5.75 Å². The van der Waals surface area contributed by atoms with Gasteiger partial charge in [-0.1, -0.05) is 48.5 Å². The van der Waals surface area contributed by atoms with Gasteiger partial charge >= 0.3 is 0 Å². The Bertz CT molecular complexity index is 889. The minimum atomic E-state index is -0.825. The Morgan fingerprint density at radius 1 is 0.967 bits per heavy atom. The molecule has 30 heavy (non-hydrogen) atoms. The number of rotatable bonds is 9. The number of quaternary nitrogens is 1. The van der Waals surface area contributed by atoms with Crippen LogP contribution in [0, 0.1) is 0 Å². The van der Waals surface area contributed by atoms with Gasteiger partial charge < -0.3 is 18.7 Å². The third kappa shape index (κ3) is 5.29. The molecule has 4 rings (SSSR count). The summed E-state index contributed by atoms with van der Waals surface area (Å²) < 4.78 is 12.9. The quantitative estimate of drug-likeness (QED) is 0.412. The molecular formula is C25H31N2O3+. The zero-order valence-corrected chi connectivity index (χ0v) is 17.5. The van der Waals surface area contributed by atoms with Crippen molar-refractivity contribution >= 4 is 0 Å². The van der Waals surface area contributed by atoms with E-state index in [1.165, 1.54) is 19.3 Å². The molecule has 5 nitrogen and oxygen atoms in total. The Balaban J connectivity index is 1.37. The smallest absolute Gasteiger partial charge is 0.228 e. The fourth-order valence-electron chi connectivity index (χ4n) is 4.38. The molecule has 0 amide bonds. The van der Waals surface area contributed by atoms with Crippen LogP contribution in [0.25, 0.3) is 0 Å². The number of ether oxygens (including phenoxy) is 1. The van der Waals surface area contributed by atoms with Gasteiger partial charge in [0.05, 0.1) is 32.4 Å². The predicted octanol–water partition coefficient (Wildman–Crippen LogP) is 4.73. The van der Waals surface area contributed by atoms with E-state index in [-0.39, 0.29) is 0 Å². The van der Waals surface area contributed by atoms with E-state index in [0.717, 1.165) is 60.8 Å². The van der Waals surface area contributed by atoms with Crippen LogP contribution in [0.4, 0.5) is 0 Å². The summed E-state index contributed by atoms with van der Waals surface area (Å²) in [6.07, 6.45) is 5.75. The summed E-state index contributed by atoms with van der Waals surface area (Å²) in [4.78, 5) is 4.37. The first-order valence-corrected chi connectivity index (χ1v) is 10.9. The molecule has 0 spiro atoms. The molecule has 158 valence electrons. The Hall–Kier alpha value is -2.63. The third-order valence-corrected chi connectivity index (χ3v) is 5.97. The number of piperidine rings is 1. The van der Waals surface area contributed by atoms with E-state index in [4.69, 9.17) is 9.15 Å². The molecule has 5 heteroatoms. The zero-order chi connectivity index (χ0) is 20.7. The average molecular weight is 408 g/mol. The number of nitrogens with zero attached hydrogens (tertiary/aromatic N) is 2. The Morgan fingerprint density at radius 3 is 2.40 bits per heavy atom. The molecule has 1 aromatic heterocycles. The van der Waals surface area contributed by atoms with E-state index >= 15 is 0 Å². The van der Waals surface area contributed by atoms with Gasteiger partial charge in [-0.3, -0.25) is 0 Å². The standard InChI is InChI=1S/C25H31N2O3/c28-24(21-11-4-1-5-12-21)25-26-19-23(30-25)20-27(15-8-3-9-16-27)17-10-18-29-22-13-6-2-7-14-22/h1-2,4-7,11-14,19,24,28H,3,8-10,15-18,20H2/q+1. The van der Waals surface area contributed by atoms with Crippen molar-refractivity contribution < 1.29 is 18.7 Å². The Labute approximate surface area is 178 Å². The summed E-state index contributed by atoms with van der Waals surface area (Å²) >= 11 is 0. The monoisotopic (exact) mass is 407 g/mol. The Morgan fingerprint density at radius 2 is 1.67 bits per heavy atom. The molecule has 2 aromatic carbocycles. The summed E-state index contributed by atoms with van der Waals surface area (Å²) in [5.41, 5.74) is 0.797. The topological polar surface area (TPSA) is 55.5 Å². The average Bonchev–Trinajstić information content (AvgIpc) is 3.26. The number of hydrogen-bond donors (Lipinski definition) is 1. The maximum Gasteiger partial charge on any atom is 0.228 e. The molecule has 1 N–H and O–H groups in total. The van der Waals surface area contributed by atoms with Crippen LogP contribution in [-0.2, 0) is 6.54 Å². The lowest BCUT2D eigenvalue weighted by Crippen LogP contribution is -2.51. The molecule has 1 aliphatic rings. The van der Waals surface area contributed by atoms with Crippen LogP contribution in [0.15, 0.2) is 71.3 Å². The number of aliphatic hydroxyl groups is 1. The summed E-state index contributed by atoms with van der Waals surface area (Å²) in [6.45, 7) is 4.91. The van der Waals surface area contributed by atoms with Crippen LogP contribution < -0.4 is 4.74 Å². The highest BCUT2D eigenvalue weighted by atomic mass is 16.5. The second-order valence-corrected chi connectivity index (χ2v) is 8.22. The fourth-order valence-corrected chi connectivity index (χ4v) is 4.38. The second kappa shape index (κ2) is 9.92. The van der Waals surface area contributed by atoms with Gasteiger partial charge in [0, 0.05) is 6.42 Å². The number of aliphatic hydroxyl groups excluding tert-OH is 1. The van der Waals surface area contributed by atoms with Crippen molar-refractivity contribution in [2.75, 3.05) is 26.2 Å². The second-order valence-electron chi connectivity index (χ2n) is 8.22. The van der Waals surface area contributed by atoms with E-state index in [1.807, 2.05) is 60.7 Å². The Kier molecular flexibility index (Phi) is 6.82. The highest BCUT2D eigenvalue weighted by molar-refractivity contribution is 5.22. The molecular weight excluding hydrogens is 376 g/mol. The van der Waals surface area contributed by atoms with E-state index < -0.39 is 6.10 Å². The first-order valence-electron chi connectivity index (χ1n) is 10.9. The highest BCUT2D eigenvalue weighted by Crippen LogP contribution is 2.26. The van der Waals surface area contributed by atoms with E-state index in [2.05, 4.69) is 4.98 Å². The third-order valence-electron chi connectivity index (χ3n) is 5.97. The summed E-state index contributed by atoms with van der Waals surface area (Å²) in [7, 11) is 0. The maximum absolute atomic E-state index is 10.6. The number of para-hydroxylation sites is 1. The molecule has 1 aliphatic heterocycles. The van der Waals surface area contributed by atoms with Gasteiger partial charge in [-0.25, -0.2) is 4.98 Å². The number of oxazole rings is 1. The minimum Gasteiger partial charge on any atom is -0.493 e. The molecule has 1 atom stereocenters. The van der Waals surface area contributed by atoms with Crippen LogP contribution >= 0.6 is 0 Å². The van der Waals surface area contributed by atoms with Crippen LogP contribution in [0.5, 0.6) is 5.75 Å². The SMILES string of the molecule is OC(c1ccccc1)c1ncc(C[N+]2(CCCOc3ccccc3)CCCCC2)o1. The molecule has 2 heterocycles. The van der Waals surface area contributed by atoms with Crippen LogP contribution in [0.1, 0.15) is 49.0 Å². The van der Waals surface area contributed by atoms with Gasteiger partial charge in [-0.15, -0.1) is 0 Å². The van der Waals surface area contributed by atoms with E-state index in [0.29, 0.717) is 5.89 Å². The van der Waals surface area contributed by atoms with Crippen LogP contribution in [0.2, 0.25) is 0 Å². The molecule has 3 aromatic rings. The van der Waals surface area contributed by atoms with Gasteiger partial charge in [0.25, 0.3) is 0 Å². The summed E-state index contributed by atoms with van der Waals surface area (Å²) in [6, 6.07) is 19.5. The van der Waals surface area contributed by atoms with Crippen molar-refractivity contribution in [3.05, 3.63) is 84.1 Å². The van der Waals surface area contributed by atoms with E-state index in [9.17, 15) is 5.11 Å². The maximum atomic E-state index is 10.6. The molecule has 0 saturated carbocycles. The molecule has 0 bridgehead atoms. The lowest BCUT2D eigenvalue weighted by Gasteiger charge is -2.41. The predicted molar refractivity (Wildman–Crippen MR) is 116 cm³/mol. The van der Waals surface area contributed by atoms with Crippen molar-refractivity contribution in [1.82, 2.24) is 4.98 Å². The largest absolute Gasteiger partial charge is 0.493 e. The highest BCUT2D eigenvalue weighted by Gasteiger charge is 2.31. The number of benzene rings is 2. The fraction of sp³-hybridized carbons (Fsp3) is 0.400. The first kappa shape index (κ1) is 20.6. The molecule has 1 unspecified atom stereocenters. The summed E-state index contributed by atoms with van der Waals surface area (Å²) in [5, 5.41) is 10.6. The normalized spacial score (nSPS) is 16.8.